The Morgan fingerprint density at radius 3 is 2.90 bits per heavy atom. The van der Waals surface area contributed by atoms with Crippen LogP contribution in [0.1, 0.15) is 28.8 Å². The normalized spacial score (nSPS) is 17.8. The van der Waals surface area contributed by atoms with Crippen molar-refractivity contribution in [3.05, 3.63) is 35.4 Å². The van der Waals surface area contributed by atoms with Gasteiger partial charge in [-0.1, -0.05) is 12.1 Å². The molecule has 1 aliphatic heterocycles. The highest BCUT2D eigenvalue weighted by Crippen LogP contribution is 2.16. The van der Waals surface area contributed by atoms with Gasteiger partial charge >= 0.3 is 12.0 Å². The minimum atomic E-state index is -0.955. The van der Waals surface area contributed by atoms with E-state index >= 15 is 0 Å². The molecule has 0 aromatic heterocycles. The van der Waals surface area contributed by atoms with Crippen molar-refractivity contribution >= 4 is 12.0 Å². The van der Waals surface area contributed by atoms with Gasteiger partial charge in [0, 0.05) is 13.1 Å². The molecule has 114 valence electrons. The number of carbonyl (C=O) groups excluding carboxylic acids is 1. The number of aliphatic hydroxyl groups is 1. The molecule has 2 rings (SSSR count). The maximum absolute atomic E-state index is 12.0. The van der Waals surface area contributed by atoms with Crippen LogP contribution in [0.15, 0.2) is 24.3 Å². The molecule has 1 atom stereocenters. The number of nitrogens with one attached hydrogen (secondary N) is 1. The van der Waals surface area contributed by atoms with Crippen LogP contribution < -0.4 is 5.32 Å². The highest BCUT2D eigenvalue weighted by molar-refractivity contribution is 5.87. The van der Waals surface area contributed by atoms with Crippen LogP contribution in [0.5, 0.6) is 0 Å². The van der Waals surface area contributed by atoms with Crippen molar-refractivity contribution in [2.24, 2.45) is 0 Å². The lowest BCUT2D eigenvalue weighted by Gasteiger charge is -2.23. The summed E-state index contributed by atoms with van der Waals surface area (Å²) in [6.07, 6.45) is 2.33. The number of carboxylic acid groups (broad SMARTS) is 1. The number of hydrogen-bond acceptors (Lipinski definition) is 3. The van der Waals surface area contributed by atoms with Gasteiger partial charge in [0.25, 0.3) is 0 Å². The van der Waals surface area contributed by atoms with E-state index in [1.165, 1.54) is 0 Å². The highest BCUT2D eigenvalue weighted by Gasteiger charge is 2.27. The maximum atomic E-state index is 12.0. The first-order chi connectivity index (χ1) is 10.1. The summed E-state index contributed by atoms with van der Waals surface area (Å²) >= 11 is 0. The summed E-state index contributed by atoms with van der Waals surface area (Å²) in [7, 11) is 0. The van der Waals surface area contributed by atoms with Gasteiger partial charge in [-0.15, -0.1) is 0 Å². The number of benzene rings is 1. The Hall–Kier alpha value is -2.08. The number of nitrogens with zero attached hydrogens (tertiary/aromatic N) is 1. The Bertz CT molecular complexity index is 518. The predicted molar refractivity (Wildman–Crippen MR) is 77.3 cm³/mol. The maximum Gasteiger partial charge on any atom is 0.335 e. The van der Waals surface area contributed by atoms with E-state index < -0.39 is 5.97 Å². The Balaban J connectivity index is 1.82. The van der Waals surface area contributed by atoms with Crippen LogP contribution in [-0.2, 0) is 6.42 Å². The van der Waals surface area contributed by atoms with Crippen molar-refractivity contribution in [3.63, 3.8) is 0 Å². The van der Waals surface area contributed by atoms with Gasteiger partial charge in [0.1, 0.15) is 0 Å². The minimum Gasteiger partial charge on any atom is -0.478 e. The predicted octanol–water partition coefficient (Wildman–Crippen LogP) is 1.09. The number of aliphatic hydroxyl groups excluding tert-OH is 1. The molecule has 1 aromatic carbocycles. The summed E-state index contributed by atoms with van der Waals surface area (Å²) in [6, 6.07) is 6.44. The van der Waals surface area contributed by atoms with Crippen molar-refractivity contribution in [1.29, 1.82) is 0 Å². The third-order valence-electron chi connectivity index (χ3n) is 3.71. The zero-order chi connectivity index (χ0) is 15.2. The van der Waals surface area contributed by atoms with E-state index in [-0.39, 0.29) is 24.2 Å². The van der Waals surface area contributed by atoms with E-state index in [4.69, 9.17) is 5.11 Å². The summed E-state index contributed by atoms with van der Waals surface area (Å²) in [5.74, 6) is -0.955. The van der Waals surface area contributed by atoms with Crippen LogP contribution in [0.25, 0.3) is 0 Å². The third kappa shape index (κ3) is 3.95. The summed E-state index contributed by atoms with van der Waals surface area (Å²) < 4.78 is 0. The Morgan fingerprint density at radius 1 is 1.38 bits per heavy atom. The molecule has 3 N–H and O–H groups in total. The fourth-order valence-corrected chi connectivity index (χ4v) is 2.57. The molecule has 21 heavy (non-hydrogen) atoms. The molecule has 6 nitrogen and oxygen atoms in total. The van der Waals surface area contributed by atoms with Crippen LogP contribution in [-0.4, -0.2) is 52.9 Å². The second kappa shape index (κ2) is 7.08. The first kappa shape index (κ1) is 15.3. The Kier molecular flexibility index (Phi) is 5.16. The lowest BCUT2D eigenvalue weighted by molar-refractivity contribution is 0.0696. The van der Waals surface area contributed by atoms with Gasteiger partial charge < -0.3 is 20.4 Å². The molecule has 1 fully saturated rings. The number of likely N-dealkylation sites (tertiary alicyclic amines) is 1. The first-order valence-electron chi connectivity index (χ1n) is 7.09. The molecule has 1 saturated heterocycles. The van der Waals surface area contributed by atoms with Gasteiger partial charge in [-0.3, -0.25) is 0 Å². The van der Waals surface area contributed by atoms with Crippen LogP contribution in [0.4, 0.5) is 4.79 Å². The monoisotopic (exact) mass is 292 g/mol. The van der Waals surface area contributed by atoms with E-state index in [1.807, 2.05) is 6.07 Å². The Morgan fingerprint density at radius 2 is 2.19 bits per heavy atom. The number of carboxylic acids is 1. The van der Waals surface area contributed by atoms with E-state index in [2.05, 4.69) is 5.32 Å². The molecule has 6 heteroatoms. The average Bonchev–Trinajstić information content (AvgIpc) is 2.96. The number of rotatable bonds is 5. The molecule has 0 radical (unpaired) electrons. The molecule has 2 amide bonds. The summed E-state index contributed by atoms with van der Waals surface area (Å²) in [5.41, 5.74) is 1.12. The van der Waals surface area contributed by atoms with Crippen LogP contribution >= 0.6 is 0 Å². The van der Waals surface area contributed by atoms with Crippen molar-refractivity contribution in [2.75, 3.05) is 19.7 Å². The van der Waals surface area contributed by atoms with E-state index in [9.17, 15) is 14.7 Å². The quantitative estimate of drug-likeness (QED) is 0.758. The SMILES string of the molecule is O=C(O)c1cccc(CCNC(=O)N2CCCC2CO)c1. The van der Waals surface area contributed by atoms with Crippen molar-refractivity contribution in [3.8, 4) is 0 Å². The largest absolute Gasteiger partial charge is 0.478 e. The number of urea groups is 1. The second-order valence-electron chi connectivity index (χ2n) is 5.16. The van der Waals surface area contributed by atoms with E-state index in [0.717, 1.165) is 18.4 Å². The minimum absolute atomic E-state index is 0.00588. The molecule has 1 aliphatic rings. The van der Waals surface area contributed by atoms with Crippen molar-refractivity contribution in [2.45, 2.75) is 25.3 Å². The number of amides is 2. The summed E-state index contributed by atoms with van der Waals surface area (Å²) in [5, 5.41) is 20.9. The zero-order valence-corrected chi connectivity index (χ0v) is 11.8. The fourth-order valence-electron chi connectivity index (χ4n) is 2.57. The third-order valence-corrected chi connectivity index (χ3v) is 3.71. The molecular weight excluding hydrogens is 272 g/mol. The molecule has 1 unspecified atom stereocenters. The highest BCUT2D eigenvalue weighted by atomic mass is 16.4. The van der Waals surface area contributed by atoms with E-state index in [0.29, 0.717) is 19.5 Å². The lowest BCUT2D eigenvalue weighted by Crippen LogP contribution is -2.44. The first-order valence-corrected chi connectivity index (χ1v) is 7.09. The molecule has 0 bridgehead atoms. The lowest BCUT2D eigenvalue weighted by atomic mass is 10.1. The Labute approximate surface area is 123 Å². The van der Waals surface area contributed by atoms with E-state index in [1.54, 1.807) is 23.1 Å². The van der Waals surface area contributed by atoms with Gasteiger partial charge in [0.15, 0.2) is 0 Å². The van der Waals surface area contributed by atoms with Gasteiger partial charge in [0.05, 0.1) is 18.2 Å². The zero-order valence-electron chi connectivity index (χ0n) is 11.8. The molecule has 0 spiro atoms. The summed E-state index contributed by atoms with van der Waals surface area (Å²) in [4.78, 5) is 24.5. The van der Waals surface area contributed by atoms with Gasteiger partial charge in [-0.25, -0.2) is 9.59 Å². The molecule has 0 aliphatic carbocycles. The standard InChI is InChI=1S/C15H20N2O4/c18-10-13-5-2-8-17(13)15(21)16-7-6-11-3-1-4-12(9-11)14(19)20/h1,3-4,9,13,18H,2,5-8,10H2,(H,16,21)(H,19,20). The molecule has 0 saturated carbocycles. The molecule has 1 heterocycles. The smallest absolute Gasteiger partial charge is 0.335 e. The topological polar surface area (TPSA) is 89.9 Å². The van der Waals surface area contributed by atoms with Crippen LogP contribution in [0, 0.1) is 0 Å². The number of aromatic carboxylic acids is 1. The van der Waals surface area contributed by atoms with Gasteiger partial charge in [-0.05, 0) is 37.0 Å². The van der Waals surface area contributed by atoms with Gasteiger partial charge in [0.2, 0.25) is 0 Å². The molecular formula is C15H20N2O4. The molecule has 1 aromatic rings. The van der Waals surface area contributed by atoms with Crippen LogP contribution in [0.3, 0.4) is 0 Å². The fraction of sp³-hybridized carbons (Fsp3) is 0.467. The van der Waals surface area contributed by atoms with Crippen molar-refractivity contribution in [1.82, 2.24) is 10.2 Å². The summed E-state index contributed by atoms with van der Waals surface area (Å²) in [6.45, 7) is 1.11. The van der Waals surface area contributed by atoms with Gasteiger partial charge in [-0.2, -0.15) is 0 Å². The average molecular weight is 292 g/mol. The second-order valence-corrected chi connectivity index (χ2v) is 5.16. The van der Waals surface area contributed by atoms with Crippen LogP contribution in [0.2, 0.25) is 0 Å². The van der Waals surface area contributed by atoms with Crippen molar-refractivity contribution < 1.29 is 19.8 Å². The number of hydrogen-bond donors (Lipinski definition) is 3. The number of carbonyl (C=O) groups is 2.